The predicted octanol–water partition coefficient (Wildman–Crippen LogP) is 0.897. The zero-order chi connectivity index (χ0) is 13.6. The van der Waals surface area contributed by atoms with Crippen LogP contribution in [0.1, 0.15) is 18.4 Å². The molecule has 0 aromatic heterocycles. The molecule has 1 fully saturated rings. The van der Waals surface area contributed by atoms with Gasteiger partial charge in [-0.15, -0.1) is 0 Å². The fourth-order valence-electron chi connectivity index (χ4n) is 2.57. The fraction of sp³-hybridized carbons (Fsp3) is 0.500. The standard InChI is InChI=1S/C12H17ClN2O2S/c1-2-18(16,17)11-10(12(11,15)7-14)8-4-3-5-9(13)6-8/h3-6,10-11H,2,7,14-15H2,1H3/t10-,11+,12+/m1/s1. The highest BCUT2D eigenvalue weighted by Gasteiger charge is 2.67. The number of rotatable bonds is 4. The lowest BCUT2D eigenvalue weighted by Crippen LogP contribution is -2.39. The largest absolute Gasteiger partial charge is 0.329 e. The monoisotopic (exact) mass is 288 g/mol. The van der Waals surface area contributed by atoms with Crippen molar-refractivity contribution >= 4 is 21.4 Å². The normalized spacial score (nSPS) is 31.3. The Hall–Kier alpha value is -0.620. The average Bonchev–Trinajstić information content (AvgIpc) is 2.98. The van der Waals surface area contributed by atoms with Gasteiger partial charge in [0, 0.05) is 23.2 Å². The molecule has 3 atom stereocenters. The first-order valence-electron chi connectivity index (χ1n) is 5.83. The van der Waals surface area contributed by atoms with E-state index in [-0.39, 0.29) is 18.2 Å². The third-order valence-electron chi connectivity index (χ3n) is 3.65. The van der Waals surface area contributed by atoms with Gasteiger partial charge in [-0.05, 0) is 17.7 Å². The molecule has 4 nitrogen and oxygen atoms in total. The van der Waals surface area contributed by atoms with Crippen LogP contribution >= 0.6 is 11.6 Å². The van der Waals surface area contributed by atoms with E-state index in [0.717, 1.165) is 5.56 Å². The summed E-state index contributed by atoms with van der Waals surface area (Å²) in [6.45, 7) is 1.77. The maximum absolute atomic E-state index is 12.0. The van der Waals surface area contributed by atoms with Crippen LogP contribution in [0.5, 0.6) is 0 Å². The molecule has 0 aliphatic heterocycles. The highest BCUT2D eigenvalue weighted by atomic mass is 35.5. The molecule has 0 spiro atoms. The first kappa shape index (κ1) is 13.8. The summed E-state index contributed by atoms with van der Waals surface area (Å²) in [5.74, 6) is -0.181. The molecule has 100 valence electrons. The molecule has 0 saturated heterocycles. The summed E-state index contributed by atoms with van der Waals surface area (Å²) in [5, 5.41) is -0.0233. The van der Waals surface area contributed by atoms with Crippen molar-refractivity contribution in [3.63, 3.8) is 0 Å². The van der Waals surface area contributed by atoms with Gasteiger partial charge >= 0.3 is 0 Å². The highest BCUT2D eigenvalue weighted by Crippen LogP contribution is 2.53. The van der Waals surface area contributed by atoms with Crippen LogP contribution in [-0.2, 0) is 9.84 Å². The van der Waals surface area contributed by atoms with E-state index >= 15 is 0 Å². The van der Waals surface area contributed by atoms with Gasteiger partial charge < -0.3 is 11.5 Å². The Morgan fingerprint density at radius 1 is 1.44 bits per heavy atom. The average molecular weight is 289 g/mol. The van der Waals surface area contributed by atoms with Crippen LogP contribution in [0, 0.1) is 0 Å². The lowest BCUT2D eigenvalue weighted by molar-refractivity contribution is 0.587. The van der Waals surface area contributed by atoms with E-state index in [1.54, 1.807) is 25.1 Å². The van der Waals surface area contributed by atoms with Crippen LogP contribution in [0.25, 0.3) is 0 Å². The van der Waals surface area contributed by atoms with Crippen LogP contribution in [0.3, 0.4) is 0 Å². The molecule has 1 aliphatic rings. The predicted molar refractivity (Wildman–Crippen MR) is 73.4 cm³/mol. The van der Waals surface area contributed by atoms with E-state index in [9.17, 15) is 8.42 Å². The Morgan fingerprint density at radius 2 is 2.11 bits per heavy atom. The van der Waals surface area contributed by atoms with E-state index < -0.39 is 20.6 Å². The van der Waals surface area contributed by atoms with Crippen molar-refractivity contribution in [3.8, 4) is 0 Å². The van der Waals surface area contributed by atoms with Crippen molar-refractivity contribution < 1.29 is 8.42 Å². The van der Waals surface area contributed by atoms with Crippen molar-refractivity contribution in [1.82, 2.24) is 0 Å². The fourth-order valence-corrected chi connectivity index (χ4v) is 4.79. The van der Waals surface area contributed by atoms with Gasteiger partial charge in [-0.1, -0.05) is 30.7 Å². The third kappa shape index (κ3) is 2.05. The maximum atomic E-state index is 12.0. The number of benzene rings is 1. The molecule has 0 bridgehead atoms. The quantitative estimate of drug-likeness (QED) is 0.862. The Bertz CT molecular complexity index is 561. The van der Waals surface area contributed by atoms with Gasteiger partial charge in [0.15, 0.2) is 9.84 Å². The first-order valence-corrected chi connectivity index (χ1v) is 7.92. The van der Waals surface area contributed by atoms with Gasteiger partial charge in [0.05, 0.1) is 10.8 Å². The highest BCUT2D eigenvalue weighted by molar-refractivity contribution is 7.92. The van der Waals surface area contributed by atoms with Crippen LogP contribution in [0.4, 0.5) is 0 Å². The topological polar surface area (TPSA) is 86.2 Å². The molecule has 0 heterocycles. The molecule has 0 radical (unpaired) electrons. The maximum Gasteiger partial charge on any atom is 0.155 e. The molecule has 18 heavy (non-hydrogen) atoms. The van der Waals surface area contributed by atoms with Crippen molar-refractivity contribution in [2.45, 2.75) is 23.6 Å². The molecule has 0 unspecified atom stereocenters. The molecule has 1 saturated carbocycles. The molecule has 6 heteroatoms. The molecular weight excluding hydrogens is 272 g/mol. The van der Waals surface area contributed by atoms with Gasteiger partial charge in [-0.25, -0.2) is 8.42 Å². The van der Waals surface area contributed by atoms with E-state index in [4.69, 9.17) is 23.1 Å². The van der Waals surface area contributed by atoms with Gasteiger partial charge in [0.1, 0.15) is 0 Å². The Morgan fingerprint density at radius 3 is 2.61 bits per heavy atom. The Kier molecular flexibility index (Phi) is 3.44. The molecule has 1 aromatic carbocycles. The van der Waals surface area contributed by atoms with Crippen LogP contribution in [0.15, 0.2) is 24.3 Å². The second-order valence-corrected chi connectivity index (χ2v) is 7.57. The molecule has 1 aromatic rings. The number of nitrogens with two attached hydrogens (primary N) is 2. The van der Waals surface area contributed by atoms with E-state index in [2.05, 4.69) is 0 Å². The second-order valence-electron chi connectivity index (χ2n) is 4.72. The molecular formula is C12H17ClN2O2S. The summed E-state index contributed by atoms with van der Waals surface area (Å²) in [6.07, 6.45) is 0. The zero-order valence-corrected chi connectivity index (χ0v) is 11.7. The minimum absolute atomic E-state index is 0.0771. The lowest BCUT2D eigenvalue weighted by Gasteiger charge is -2.08. The minimum atomic E-state index is -3.20. The van der Waals surface area contributed by atoms with Crippen LogP contribution in [0.2, 0.25) is 5.02 Å². The Balaban J connectivity index is 2.40. The number of halogens is 1. The number of hydrogen-bond acceptors (Lipinski definition) is 4. The third-order valence-corrected chi connectivity index (χ3v) is 6.18. The number of hydrogen-bond donors (Lipinski definition) is 2. The van der Waals surface area contributed by atoms with Crippen molar-refractivity contribution in [3.05, 3.63) is 34.9 Å². The van der Waals surface area contributed by atoms with Crippen LogP contribution < -0.4 is 11.5 Å². The van der Waals surface area contributed by atoms with E-state index in [1.165, 1.54) is 0 Å². The van der Waals surface area contributed by atoms with Crippen molar-refractivity contribution in [2.24, 2.45) is 11.5 Å². The first-order chi connectivity index (χ1) is 8.36. The number of sulfone groups is 1. The molecule has 4 N–H and O–H groups in total. The second kappa shape index (κ2) is 4.49. The summed E-state index contributed by atoms with van der Waals surface area (Å²) in [5.41, 5.74) is 11.8. The lowest BCUT2D eigenvalue weighted by atomic mass is 10.1. The summed E-state index contributed by atoms with van der Waals surface area (Å²) in [7, 11) is -3.20. The van der Waals surface area contributed by atoms with Crippen molar-refractivity contribution in [2.75, 3.05) is 12.3 Å². The van der Waals surface area contributed by atoms with Gasteiger partial charge in [0.25, 0.3) is 0 Å². The van der Waals surface area contributed by atoms with Gasteiger partial charge in [-0.3, -0.25) is 0 Å². The summed E-state index contributed by atoms with van der Waals surface area (Å²) < 4.78 is 24.1. The SMILES string of the molecule is CCS(=O)(=O)[C@H]1[C@@H](c2cccc(Cl)c2)[C@@]1(N)CN. The Labute approximate surface area is 112 Å². The molecule has 2 rings (SSSR count). The van der Waals surface area contributed by atoms with Gasteiger partial charge in [0.2, 0.25) is 0 Å². The smallest absolute Gasteiger partial charge is 0.155 e. The summed E-state index contributed by atoms with van der Waals surface area (Å²) >= 11 is 5.93. The molecule has 1 aliphatic carbocycles. The zero-order valence-electron chi connectivity index (χ0n) is 10.1. The van der Waals surface area contributed by atoms with Gasteiger partial charge in [-0.2, -0.15) is 0 Å². The molecule has 0 amide bonds. The van der Waals surface area contributed by atoms with Crippen LogP contribution in [-0.4, -0.2) is 31.5 Å². The van der Waals surface area contributed by atoms with E-state index in [1.807, 2.05) is 6.07 Å². The summed E-state index contributed by atoms with van der Waals surface area (Å²) in [4.78, 5) is 0. The summed E-state index contributed by atoms with van der Waals surface area (Å²) in [6, 6.07) is 7.15. The van der Waals surface area contributed by atoms with E-state index in [0.29, 0.717) is 5.02 Å². The van der Waals surface area contributed by atoms with Crippen molar-refractivity contribution in [1.29, 1.82) is 0 Å². The minimum Gasteiger partial charge on any atom is -0.329 e.